The standard InChI is InChI=1S/C60H44N2S/c1-3-17-41(4-2)43-18-14-19-44(38-43)42-32-35-48(36-33-42)61(47-21-6-5-7-22-47)49-23-15-20-45(39-49)50-24-8-9-25-51(50)46-34-37-56-54(40-46)52-26-10-12-28-55(52)62(56)57-29-16-31-59-60(57)53-27-11-13-30-58(53)63-59/h3-40H,1-2H3/b17-3-,41-4+. The zero-order valence-corrected chi connectivity index (χ0v) is 36.1. The van der Waals surface area contributed by atoms with E-state index in [1.165, 1.54) is 86.6 Å². The molecule has 0 saturated carbocycles. The number of anilines is 3. The summed E-state index contributed by atoms with van der Waals surface area (Å²) in [7, 11) is 0. The highest BCUT2D eigenvalue weighted by Crippen LogP contribution is 2.44. The van der Waals surface area contributed by atoms with E-state index in [4.69, 9.17) is 0 Å². The second kappa shape index (κ2) is 16.3. The van der Waals surface area contributed by atoms with Gasteiger partial charge >= 0.3 is 0 Å². The molecule has 11 aromatic rings. The molecule has 0 atom stereocenters. The Morgan fingerprint density at radius 2 is 1.06 bits per heavy atom. The number of thiophene rings is 1. The van der Waals surface area contributed by atoms with E-state index in [-0.39, 0.29) is 0 Å². The van der Waals surface area contributed by atoms with Gasteiger partial charge < -0.3 is 9.47 Å². The molecule has 0 bridgehead atoms. The first-order valence-electron chi connectivity index (χ1n) is 21.7. The summed E-state index contributed by atoms with van der Waals surface area (Å²) in [6, 6.07) is 77.7. The fraction of sp³-hybridized carbons (Fsp3) is 0.0333. The molecule has 0 aliphatic carbocycles. The lowest BCUT2D eigenvalue weighted by molar-refractivity contribution is 1.20. The van der Waals surface area contributed by atoms with Crippen LogP contribution in [-0.4, -0.2) is 4.57 Å². The minimum Gasteiger partial charge on any atom is -0.310 e. The minimum absolute atomic E-state index is 1.10. The molecule has 0 N–H and O–H groups in total. The molecule has 0 spiro atoms. The van der Waals surface area contributed by atoms with Gasteiger partial charge in [-0.3, -0.25) is 0 Å². The van der Waals surface area contributed by atoms with Crippen LogP contribution in [0.25, 0.3) is 86.6 Å². The van der Waals surface area contributed by atoms with Gasteiger partial charge in [0.25, 0.3) is 0 Å². The molecular formula is C60H44N2S. The van der Waals surface area contributed by atoms with Crippen molar-refractivity contribution < 1.29 is 0 Å². The molecule has 300 valence electrons. The van der Waals surface area contributed by atoms with Crippen LogP contribution < -0.4 is 4.90 Å². The van der Waals surface area contributed by atoms with Crippen molar-refractivity contribution in [2.24, 2.45) is 0 Å². The summed E-state index contributed by atoms with van der Waals surface area (Å²) in [5.74, 6) is 0. The number of allylic oxidation sites excluding steroid dienone is 4. The number of benzene rings is 9. The summed E-state index contributed by atoms with van der Waals surface area (Å²) >= 11 is 1.87. The van der Waals surface area contributed by atoms with E-state index in [1.54, 1.807) is 0 Å². The summed E-state index contributed by atoms with van der Waals surface area (Å²) < 4.78 is 5.09. The maximum Gasteiger partial charge on any atom is 0.0555 e. The van der Waals surface area contributed by atoms with Crippen molar-refractivity contribution in [3.63, 3.8) is 0 Å². The van der Waals surface area contributed by atoms with Crippen molar-refractivity contribution in [1.82, 2.24) is 4.57 Å². The zero-order valence-electron chi connectivity index (χ0n) is 35.2. The SMILES string of the molecule is C/C=C\C(=C/C)c1cccc(-c2ccc(N(c3ccccc3)c3cccc(-c4ccccc4-c4ccc5c(c4)c4ccccc4n5-c4cccc5sc6ccccc6c45)c3)cc2)c1. The Balaban J connectivity index is 0.994. The molecule has 0 radical (unpaired) electrons. The third-order valence-electron chi connectivity index (χ3n) is 12.3. The molecule has 3 heteroatoms. The molecule has 11 rings (SSSR count). The molecule has 0 aliphatic rings. The van der Waals surface area contributed by atoms with Crippen LogP contribution in [0.4, 0.5) is 17.1 Å². The van der Waals surface area contributed by atoms with Gasteiger partial charge in [-0.1, -0.05) is 152 Å². The smallest absolute Gasteiger partial charge is 0.0555 e. The topological polar surface area (TPSA) is 8.17 Å². The molecule has 2 heterocycles. The lowest BCUT2D eigenvalue weighted by atomic mass is 9.93. The fourth-order valence-electron chi connectivity index (χ4n) is 9.39. The Morgan fingerprint density at radius 3 is 1.87 bits per heavy atom. The second-order valence-corrected chi connectivity index (χ2v) is 17.1. The van der Waals surface area contributed by atoms with E-state index in [0.717, 1.165) is 22.6 Å². The van der Waals surface area contributed by atoms with Crippen molar-refractivity contribution in [3.05, 3.63) is 236 Å². The fourth-order valence-corrected chi connectivity index (χ4v) is 10.5. The molecular weight excluding hydrogens is 781 g/mol. The average molecular weight is 825 g/mol. The largest absolute Gasteiger partial charge is 0.310 e. The Morgan fingerprint density at radius 1 is 0.444 bits per heavy atom. The van der Waals surface area contributed by atoms with Crippen LogP contribution in [0.2, 0.25) is 0 Å². The zero-order chi connectivity index (χ0) is 42.3. The quantitative estimate of drug-likeness (QED) is 0.132. The normalized spacial score (nSPS) is 12.0. The van der Waals surface area contributed by atoms with Gasteiger partial charge in [0.2, 0.25) is 0 Å². The maximum absolute atomic E-state index is 2.47. The van der Waals surface area contributed by atoms with Crippen molar-refractivity contribution in [2.75, 3.05) is 4.90 Å². The molecule has 0 amide bonds. The van der Waals surface area contributed by atoms with Crippen molar-refractivity contribution >= 4 is 76.0 Å². The van der Waals surface area contributed by atoms with Crippen LogP contribution >= 0.6 is 11.3 Å². The van der Waals surface area contributed by atoms with E-state index >= 15 is 0 Å². The maximum atomic E-state index is 2.47. The molecule has 0 saturated heterocycles. The van der Waals surface area contributed by atoms with Gasteiger partial charge in [0.1, 0.15) is 0 Å². The highest BCUT2D eigenvalue weighted by atomic mass is 32.1. The molecule has 0 aliphatic heterocycles. The van der Waals surface area contributed by atoms with E-state index in [2.05, 4.69) is 254 Å². The van der Waals surface area contributed by atoms with Gasteiger partial charge in [0.05, 0.1) is 16.7 Å². The number of hydrogen-bond acceptors (Lipinski definition) is 2. The molecule has 2 aromatic heterocycles. The summed E-state index contributed by atoms with van der Waals surface area (Å²) in [5.41, 5.74) is 16.5. The third kappa shape index (κ3) is 6.84. The van der Waals surface area contributed by atoms with Crippen LogP contribution in [-0.2, 0) is 0 Å². The molecule has 2 nitrogen and oxygen atoms in total. The summed E-state index contributed by atoms with van der Waals surface area (Å²) in [5, 5.41) is 5.11. The lowest BCUT2D eigenvalue weighted by Gasteiger charge is -2.26. The second-order valence-electron chi connectivity index (χ2n) is 16.0. The Bertz CT molecular complexity index is 3530. The summed E-state index contributed by atoms with van der Waals surface area (Å²) in [4.78, 5) is 2.36. The number of hydrogen-bond donors (Lipinski definition) is 0. The van der Waals surface area contributed by atoms with Gasteiger partial charge in [0.15, 0.2) is 0 Å². The number of aromatic nitrogens is 1. The van der Waals surface area contributed by atoms with E-state index in [1.807, 2.05) is 11.3 Å². The van der Waals surface area contributed by atoms with Gasteiger partial charge in [0, 0.05) is 48.0 Å². The van der Waals surface area contributed by atoms with E-state index in [0.29, 0.717) is 0 Å². The van der Waals surface area contributed by atoms with Crippen LogP contribution in [0.15, 0.2) is 231 Å². The van der Waals surface area contributed by atoms with Crippen molar-refractivity contribution in [1.29, 1.82) is 0 Å². The predicted octanol–water partition coefficient (Wildman–Crippen LogP) is 17.6. The average Bonchev–Trinajstić information content (AvgIpc) is 3.90. The van der Waals surface area contributed by atoms with Crippen LogP contribution in [0.3, 0.4) is 0 Å². The van der Waals surface area contributed by atoms with E-state index in [9.17, 15) is 0 Å². The minimum atomic E-state index is 1.10. The van der Waals surface area contributed by atoms with E-state index < -0.39 is 0 Å². The van der Waals surface area contributed by atoms with Gasteiger partial charge in [-0.05, 0) is 137 Å². The van der Waals surface area contributed by atoms with Gasteiger partial charge in [-0.15, -0.1) is 11.3 Å². The lowest BCUT2D eigenvalue weighted by Crippen LogP contribution is -2.09. The number of fused-ring (bicyclic) bond motifs is 6. The van der Waals surface area contributed by atoms with Crippen LogP contribution in [0.1, 0.15) is 19.4 Å². The van der Waals surface area contributed by atoms with Crippen molar-refractivity contribution in [2.45, 2.75) is 13.8 Å². The number of nitrogens with zero attached hydrogens (tertiary/aromatic N) is 2. The Labute approximate surface area is 372 Å². The highest BCUT2D eigenvalue weighted by molar-refractivity contribution is 7.25. The van der Waals surface area contributed by atoms with Crippen LogP contribution in [0.5, 0.6) is 0 Å². The third-order valence-corrected chi connectivity index (χ3v) is 13.4. The molecule has 9 aromatic carbocycles. The Hall–Kier alpha value is -7.72. The number of rotatable bonds is 9. The molecule has 63 heavy (non-hydrogen) atoms. The molecule has 0 unspecified atom stereocenters. The first-order valence-corrected chi connectivity index (χ1v) is 22.5. The Kier molecular flexibility index (Phi) is 9.88. The first kappa shape index (κ1) is 38.2. The van der Waals surface area contributed by atoms with Gasteiger partial charge in [-0.2, -0.15) is 0 Å². The predicted molar refractivity (Wildman–Crippen MR) is 273 cm³/mol. The monoisotopic (exact) mass is 824 g/mol. The number of para-hydroxylation sites is 2. The summed E-state index contributed by atoms with van der Waals surface area (Å²) in [6.07, 6.45) is 6.43. The van der Waals surface area contributed by atoms with Crippen molar-refractivity contribution in [3.8, 4) is 39.1 Å². The van der Waals surface area contributed by atoms with Crippen LogP contribution in [0, 0.1) is 0 Å². The summed E-state index contributed by atoms with van der Waals surface area (Å²) in [6.45, 7) is 4.16. The first-order chi connectivity index (χ1) is 31.2. The van der Waals surface area contributed by atoms with Gasteiger partial charge in [-0.25, -0.2) is 0 Å². The highest BCUT2D eigenvalue weighted by Gasteiger charge is 2.19. The molecule has 0 fully saturated rings.